The molecule has 2 rings (SSSR count). The van der Waals surface area contributed by atoms with Crippen LogP contribution in [0.15, 0.2) is 23.7 Å². The fourth-order valence-corrected chi connectivity index (χ4v) is 3.07. The van der Waals surface area contributed by atoms with Gasteiger partial charge in [-0.2, -0.15) is 0 Å². The van der Waals surface area contributed by atoms with Crippen molar-refractivity contribution in [3.05, 3.63) is 44.0 Å². The summed E-state index contributed by atoms with van der Waals surface area (Å²) in [6, 6.07) is 1.72. The highest BCUT2D eigenvalue weighted by molar-refractivity contribution is 7.12. The summed E-state index contributed by atoms with van der Waals surface area (Å²) in [6.07, 6.45) is 4.18. The maximum Gasteiger partial charge on any atom is 0.328 e. The maximum absolute atomic E-state index is 12.1. The standard InChI is InChI=1S/C13H12N2O3S2/c1-8-14-6-10(20-8)7-15-13(18)12-9(4-5-19-12)2-3-11(16)17/h2-6H,7H2,1H3,(H,15,18)(H,16,17). The smallest absolute Gasteiger partial charge is 0.328 e. The first-order valence-corrected chi connectivity index (χ1v) is 7.44. The van der Waals surface area contributed by atoms with Crippen LogP contribution in [0, 0.1) is 6.92 Å². The maximum atomic E-state index is 12.1. The van der Waals surface area contributed by atoms with Crippen molar-refractivity contribution in [3.8, 4) is 0 Å². The van der Waals surface area contributed by atoms with Crippen molar-refractivity contribution in [2.24, 2.45) is 0 Å². The molecule has 7 heteroatoms. The zero-order chi connectivity index (χ0) is 14.5. The van der Waals surface area contributed by atoms with Gasteiger partial charge in [-0.1, -0.05) is 0 Å². The third-order valence-electron chi connectivity index (χ3n) is 2.40. The Labute approximate surface area is 123 Å². The van der Waals surface area contributed by atoms with E-state index in [9.17, 15) is 9.59 Å². The average molecular weight is 308 g/mol. The van der Waals surface area contributed by atoms with Crippen LogP contribution in [0.5, 0.6) is 0 Å². The summed E-state index contributed by atoms with van der Waals surface area (Å²) < 4.78 is 0. The Morgan fingerprint density at radius 1 is 1.50 bits per heavy atom. The van der Waals surface area contributed by atoms with Crippen molar-refractivity contribution in [1.82, 2.24) is 10.3 Å². The molecule has 5 nitrogen and oxygen atoms in total. The number of thiophene rings is 1. The van der Waals surface area contributed by atoms with E-state index in [1.165, 1.54) is 28.7 Å². The van der Waals surface area contributed by atoms with Crippen molar-refractivity contribution in [3.63, 3.8) is 0 Å². The number of aliphatic carboxylic acids is 1. The van der Waals surface area contributed by atoms with Gasteiger partial charge in [-0.15, -0.1) is 22.7 Å². The Bertz CT molecular complexity index is 658. The van der Waals surface area contributed by atoms with Crippen molar-refractivity contribution in [1.29, 1.82) is 0 Å². The number of aryl methyl sites for hydroxylation is 1. The van der Waals surface area contributed by atoms with Gasteiger partial charge in [0.2, 0.25) is 0 Å². The minimum atomic E-state index is -1.04. The Kier molecular flexibility index (Phi) is 4.65. The summed E-state index contributed by atoms with van der Waals surface area (Å²) in [5.41, 5.74) is 0.607. The molecule has 0 fully saturated rings. The van der Waals surface area contributed by atoms with Crippen LogP contribution in [-0.4, -0.2) is 22.0 Å². The second kappa shape index (κ2) is 6.44. The van der Waals surface area contributed by atoms with Gasteiger partial charge in [0.25, 0.3) is 5.91 Å². The molecule has 0 spiro atoms. The highest BCUT2D eigenvalue weighted by Gasteiger charge is 2.12. The largest absolute Gasteiger partial charge is 0.478 e. The molecule has 0 aliphatic rings. The molecular weight excluding hydrogens is 296 g/mol. The van der Waals surface area contributed by atoms with E-state index in [-0.39, 0.29) is 5.91 Å². The van der Waals surface area contributed by atoms with Crippen LogP contribution in [0.4, 0.5) is 0 Å². The minimum Gasteiger partial charge on any atom is -0.478 e. The van der Waals surface area contributed by atoms with Gasteiger partial charge in [-0.3, -0.25) is 4.79 Å². The van der Waals surface area contributed by atoms with E-state index >= 15 is 0 Å². The summed E-state index contributed by atoms with van der Waals surface area (Å²) >= 11 is 2.81. The summed E-state index contributed by atoms with van der Waals surface area (Å²) in [5, 5.41) is 14.1. The first kappa shape index (κ1) is 14.4. The molecule has 0 bridgehead atoms. The molecule has 0 radical (unpaired) electrons. The van der Waals surface area contributed by atoms with Crippen LogP contribution in [0.25, 0.3) is 6.08 Å². The van der Waals surface area contributed by atoms with E-state index in [0.29, 0.717) is 17.0 Å². The molecule has 2 aromatic rings. The number of carboxylic acids is 1. The van der Waals surface area contributed by atoms with Crippen molar-refractivity contribution in [2.45, 2.75) is 13.5 Å². The molecular formula is C13H12N2O3S2. The molecule has 0 aliphatic heterocycles. The van der Waals surface area contributed by atoms with Gasteiger partial charge in [0, 0.05) is 17.2 Å². The highest BCUT2D eigenvalue weighted by atomic mass is 32.1. The van der Waals surface area contributed by atoms with Gasteiger partial charge in [0.15, 0.2) is 0 Å². The Morgan fingerprint density at radius 2 is 2.30 bits per heavy atom. The number of carbonyl (C=O) groups excluding carboxylic acids is 1. The van der Waals surface area contributed by atoms with Gasteiger partial charge in [-0.25, -0.2) is 9.78 Å². The number of nitrogens with one attached hydrogen (secondary N) is 1. The van der Waals surface area contributed by atoms with Crippen LogP contribution in [-0.2, 0) is 11.3 Å². The third-order valence-corrected chi connectivity index (χ3v) is 4.24. The predicted molar refractivity (Wildman–Crippen MR) is 79.0 cm³/mol. The average Bonchev–Trinajstić information content (AvgIpc) is 3.02. The quantitative estimate of drug-likeness (QED) is 0.832. The number of hydrogen-bond acceptors (Lipinski definition) is 5. The molecule has 0 aromatic carbocycles. The number of carbonyl (C=O) groups is 2. The van der Waals surface area contributed by atoms with Crippen LogP contribution in [0.2, 0.25) is 0 Å². The van der Waals surface area contributed by atoms with E-state index in [1.54, 1.807) is 17.6 Å². The lowest BCUT2D eigenvalue weighted by Crippen LogP contribution is -2.21. The SMILES string of the molecule is Cc1ncc(CNC(=O)c2sccc2C=CC(=O)O)s1. The molecule has 2 N–H and O–H groups in total. The first-order chi connectivity index (χ1) is 9.56. The molecule has 0 unspecified atom stereocenters. The second-order valence-corrected chi connectivity index (χ2v) is 6.14. The molecule has 20 heavy (non-hydrogen) atoms. The summed E-state index contributed by atoms with van der Waals surface area (Å²) in [5.74, 6) is -1.25. The van der Waals surface area contributed by atoms with Crippen LogP contribution in [0.3, 0.4) is 0 Å². The zero-order valence-corrected chi connectivity index (χ0v) is 12.3. The van der Waals surface area contributed by atoms with Gasteiger partial charge in [-0.05, 0) is 30.0 Å². The van der Waals surface area contributed by atoms with E-state index in [2.05, 4.69) is 10.3 Å². The van der Waals surface area contributed by atoms with Crippen molar-refractivity contribution in [2.75, 3.05) is 0 Å². The van der Waals surface area contributed by atoms with E-state index in [4.69, 9.17) is 5.11 Å². The summed E-state index contributed by atoms with van der Waals surface area (Å²) in [6.45, 7) is 2.33. The minimum absolute atomic E-state index is 0.212. The molecule has 104 valence electrons. The molecule has 0 aliphatic carbocycles. The van der Waals surface area contributed by atoms with E-state index < -0.39 is 5.97 Å². The second-order valence-electron chi connectivity index (χ2n) is 3.90. The number of nitrogens with zero attached hydrogens (tertiary/aromatic N) is 1. The lowest BCUT2D eigenvalue weighted by atomic mass is 10.2. The topological polar surface area (TPSA) is 79.3 Å². The van der Waals surface area contributed by atoms with Crippen molar-refractivity contribution < 1.29 is 14.7 Å². The van der Waals surface area contributed by atoms with Crippen LogP contribution >= 0.6 is 22.7 Å². The summed E-state index contributed by atoms with van der Waals surface area (Å²) in [4.78, 5) is 28.2. The number of hydrogen-bond donors (Lipinski definition) is 2. The Balaban J connectivity index is 2.02. The first-order valence-electron chi connectivity index (χ1n) is 5.74. The van der Waals surface area contributed by atoms with Crippen molar-refractivity contribution >= 4 is 40.6 Å². The number of thiazole rings is 1. The number of rotatable bonds is 5. The number of amides is 1. The van der Waals surface area contributed by atoms with Gasteiger partial charge >= 0.3 is 5.97 Å². The fourth-order valence-electron chi connectivity index (χ4n) is 1.53. The number of carboxylic acid groups (broad SMARTS) is 1. The van der Waals surface area contributed by atoms with Gasteiger partial charge in [0.1, 0.15) is 0 Å². The molecule has 1 amide bonds. The monoisotopic (exact) mass is 308 g/mol. The molecule has 0 saturated carbocycles. The number of aromatic nitrogens is 1. The van der Waals surface area contributed by atoms with Gasteiger partial charge in [0.05, 0.1) is 16.4 Å². The lowest BCUT2D eigenvalue weighted by molar-refractivity contribution is -0.131. The van der Waals surface area contributed by atoms with Crippen LogP contribution < -0.4 is 5.32 Å². The van der Waals surface area contributed by atoms with E-state index in [0.717, 1.165) is 16.0 Å². The Hall–Kier alpha value is -1.99. The summed E-state index contributed by atoms with van der Waals surface area (Å²) in [7, 11) is 0. The predicted octanol–water partition coefficient (Wildman–Crippen LogP) is 2.54. The fraction of sp³-hybridized carbons (Fsp3) is 0.154. The lowest BCUT2D eigenvalue weighted by Gasteiger charge is -2.02. The molecule has 0 atom stereocenters. The molecule has 2 aromatic heterocycles. The normalized spacial score (nSPS) is 10.8. The zero-order valence-electron chi connectivity index (χ0n) is 10.6. The highest BCUT2D eigenvalue weighted by Crippen LogP contribution is 2.19. The van der Waals surface area contributed by atoms with E-state index in [1.807, 2.05) is 6.92 Å². The third kappa shape index (κ3) is 3.75. The van der Waals surface area contributed by atoms with Crippen LogP contribution in [0.1, 0.15) is 25.1 Å². The molecule has 2 heterocycles. The Morgan fingerprint density at radius 3 is 2.95 bits per heavy atom. The van der Waals surface area contributed by atoms with Gasteiger partial charge < -0.3 is 10.4 Å². The molecule has 0 saturated heterocycles.